The Morgan fingerprint density at radius 3 is 2.79 bits per heavy atom. The molecule has 0 aliphatic carbocycles. The number of hydrogen-bond donors (Lipinski definition) is 1. The lowest BCUT2D eigenvalue weighted by atomic mass is 10.1. The molecule has 1 aliphatic heterocycles. The second kappa shape index (κ2) is 5.32. The molecule has 0 radical (unpaired) electrons. The minimum Gasteiger partial charge on any atom is -0.364 e. The summed E-state index contributed by atoms with van der Waals surface area (Å²) in [5, 5.41) is 3.26. The maximum Gasteiger partial charge on any atom is 0.250 e. The lowest BCUT2D eigenvalue weighted by molar-refractivity contribution is -0.144. The van der Waals surface area contributed by atoms with E-state index in [4.69, 9.17) is 4.74 Å². The third-order valence-corrected chi connectivity index (χ3v) is 2.44. The molecule has 4 heteroatoms. The van der Waals surface area contributed by atoms with E-state index in [1.807, 2.05) is 6.92 Å². The fourth-order valence-corrected chi connectivity index (χ4v) is 1.65. The number of hydrogen-bond acceptors (Lipinski definition) is 3. The number of rotatable bonds is 3. The largest absolute Gasteiger partial charge is 0.364 e. The minimum atomic E-state index is -0.324. The van der Waals surface area contributed by atoms with Crippen molar-refractivity contribution in [1.29, 1.82) is 0 Å². The summed E-state index contributed by atoms with van der Waals surface area (Å²) in [5.41, 5.74) is 0. The van der Waals surface area contributed by atoms with Gasteiger partial charge in [0.05, 0.1) is 6.10 Å². The van der Waals surface area contributed by atoms with E-state index >= 15 is 0 Å². The number of ether oxygens (including phenoxy) is 1. The van der Waals surface area contributed by atoms with Gasteiger partial charge >= 0.3 is 0 Å². The number of piperidine rings is 1. The molecule has 1 N–H and O–H groups in total. The molecule has 1 aliphatic rings. The van der Waals surface area contributed by atoms with Gasteiger partial charge in [-0.15, -0.1) is 0 Å². The predicted octanol–water partition coefficient (Wildman–Crippen LogP) is 0.232. The quantitative estimate of drug-likeness (QED) is 0.709. The molecule has 1 fully saturated rings. The van der Waals surface area contributed by atoms with E-state index in [1.165, 1.54) is 0 Å². The fourth-order valence-electron chi connectivity index (χ4n) is 1.65. The van der Waals surface area contributed by atoms with Crippen LogP contribution in [0.4, 0.5) is 0 Å². The van der Waals surface area contributed by atoms with Gasteiger partial charge in [-0.05, 0) is 26.3 Å². The van der Waals surface area contributed by atoms with Gasteiger partial charge in [0, 0.05) is 20.6 Å². The monoisotopic (exact) mass is 200 g/mol. The van der Waals surface area contributed by atoms with Crippen LogP contribution in [0.5, 0.6) is 0 Å². The van der Waals surface area contributed by atoms with Crippen molar-refractivity contribution in [3.05, 3.63) is 0 Å². The molecule has 0 bridgehead atoms. The highest BCUT2D eigenvalue weighted by molar-refractivity contribution is 5.79. The Morgan fingerprint density at radius 1 is 1.57 bits per heavy atom. The topological polar surface area (TPSA) is 41.6 Å². The average molecular weight is 200 g/mol. The van der Waals surface area contributed by atoms with Crippen molar-refractivity contribution in [3.8, 4) is 0 Å². The van der Waals surface area contributed by atoms with E-state index < -0.39 is 0 Å². The van der Waals surface area contributed by atoms with Crippen molar-refractivity contribution in [1.82, 2.24) is 10.2 Å². The Kier molecular flexibility index (Phi) is 4.35. The summed E-state index contributed by atoms with van der Waals surface area (Å²) in [6.07, 6.45) is 2.06. The molecule has 0 saturated carbocycles. The highest BCUT2D eigenvalue weighted by atomic mass is 16.5. The molecule has 1 saturated heterocycles. The molecule has 1 amide bonds. The molecule has 0 aromatic carbocycles. The molecule has 1 unspecified atom stereocenters. The molecule has 4 nitrogen and oxygen atoms in total. The van der Waals surface area contributed by atoms with Crippen LogP contribution in [0, 0.1) is 0 Å². The summed E-state index contributed by atoms with van der Waals surface area (Å²) < 4.78 is 5.66. The van der Waals surface area contributed by atoms with Crippen LogP contribution in [0.2, 0.25) is 0 Å². The molecule has 1 heterocycles. The van der Waals surface area contributed by atoms with E-state index in [9.17, 15) is 4.79 Å². The summed E-state index contributed by atoms with van der Waals surface area (Å²) in [5.74, 6) is 0.0376. The number of carbonyl (C=O) groups is 1. The van der Waals surface area contributed by atoms with Crippen molar-refractivity contribution in [2.75, 3.05) is 27.2 Å². The third-order valence-electron chi connectivity index (χ3n) is 2.44. The van der Waals surface area contributed by atoms with Crippen molar-refractivity contribution in [2.24, 2.45) is 0 Å². The first-order chi connectivity index (χ1) is 6.61. The maximum atomic E-state index is 11.5. The zero-order valence-electron chi connectivity index (χ0n) is 9.25. The van der Waals surface area contributed by atoms with Gasteiger partial charge in [-0.1, -0.05) is 0 Å². The zero-order valence-corrected chi connectivity index (χ0v) is 9.25. The van der Waals surface area contributed by atoms with Crippen LogP contribution in [0.1, 0.15) is 19.8 Å². The standard InChI is InChI=1S/C10H20N2O2/c1-8(10(13)12(2)3)14-9-5-4-6-11-7-9/h8-9,11H,4-7H2,1-3H3/t8?,9-/m0/s1. The van der Waals surface area contributed by atoms with Crippen LogP contribution in [-0.2, 0) is 9.53 Å². The van der Waals surface area contributed by atoms with Gasteiger partial charge in [-0.3, -0.25) is 4.79 Å². The van der Waals surface area contributed by atoms with Gasteiger partial charge in [0.15, 0.2) is 0 Å². The number of nitrogens with zero attached hydrogens (tertiary/aromatic N) is 1. The zero-order chi connectivity index (χ0) is 10.6. The highest BCUT2D eigenvalue weighted by Gasteiger charge is 2.21. The van der Waals surface area contributed by atoms with Crippen molar-refractivity contribution in [3.63, 3.8) is 0 Å². The maximum absolute atomic E-state index is 11.5. The number of carbonyl (C=O) groups excluding carboxylic acids is 1. The highest BCUT2D eigenvalue weighted by Crippen LogP contribution is 2.09. The van der Waals surface area contributed by atoms with E-state index in [1.54, 1.807) is 19.0 Å². The lowest BCUT2D eigenvalue weighted by Crippen LogP contribution is -2.41. The van der Waals surface area contributed by atoms with Crippen LogP contribution < -0.4 is 5.32 Å². The van der Waals surface area contributed by atoms with Gasteiger partial charge in [0.2, 0.25) is 0 Å². The van der Waals surface area contributed by atoms with Gasteiger partial charge in [-0.2, -0.15) is 0 Å². The molecule has 0 aromatic rings. The Hall–Kier alpha value is -0.610. The summed E-state index contributed by atoms with van der Waals surface area (Å²) in [6.45, 7) is 3.75. The molecule has 0 aromatic heterocycles. The van der Waals surface area contributed by atoms with E-state index in [2.05, 4.69) is 5.32 Å². The van der Waals surface area contributed by atoms with E-state index in [0.717, 1.165) is 25.9 Å². The molecular weight excluding hydrogens is 180 g/mol. The van der Waals surface area contributed by atoms with Crippen LogP contribution in [0.15, 0.2) is 0 Å². The molecular formula is C10H20N2O2. The summed E-state index contributed by atoms with van der Waals surface area (Å²) in [6, 6.07) is 0. The van der Waals surface area contributed by atoms with Crippen LogP contribution in [-0.4, -0.2) is 50.2 Å². The lowest BCUT2D eigenvalue weighted by Gasteiger charge is -2.27. The van der Waals surface area contributed by atoms with Gasteiger partial charge in [0.1, 0.15) is 6.10 Å². The minimum absolute atomic E-state index is 0.0376. The summed E-state index contributed by atoms with van der Waals surface area (Å²) in [7, 11) is 3.50. The Morgan fingerprint density at radius 2 is 2.29 bits per heavy atom. The second-order valence-corrected chi connectivity index (χ2v) is 3.98. The number of amides is 1. The van der Waals surface area contributed by atoms with Gasteiger partial charge in [-0.25, -0.2) is 0 Å². The third kappa shape index (κ3) is 3.27. The normalized spacial score (nSPS) is 24.4. The molecule has 2 atom stereocenters. The first-order valence-corrected chi connectivity index (χ1v) is 5.18. The van der Waals surface area contributed by atoms with Crippen molar-refractivity contribution in [2.45, 2.75) is 32.0 Å². The second-order valence-electron chi connectivity index (χ2n) is 3.98. The fraction of sp³-hybridized carbons (Fsp3) is 0.900. The Labute approximate surface area is 85.6 Å². The number of likely N-dealkylation sites (N-methyl/N-ethyl adjacent to an activating group) is 1. The smallest absolute Gasteiger partial charge is 0.250 e. The van der Waals surface area contributed by atoms with Crippen molar-refractivity contribution < 1.29 is 9.53 Å². The van der Waals surface area contributed by atoms with Crippen LogP contribution >= 0.6 is 0 Å². The van der Waals surface area contributed by atoms with Crippen LogP contribution in [0.3, 0.4) is 0 Å². The predicted molar refractivity (Wildman–Crippen MR) is 55.1 cm³/mol. The van der Waals surface area contributed by atoms with Crippen molar-refractivity contribution >= 4 is 5.91 Å². The van der Waals surface area contributed by atoms with Crippen LogP contribution in [0.25, 0.3) is 0 Å². The summed E-state index contributed by atoms with van der Waals surface area (Å²) in [4.78, 5) is 13.1. The molecule has 14 heavy (non-hydrogen) atoms. The van der Waals surface area contributed by atoms with E-state index in [0.29, 0.717) is 0 Å². The average Bonchev–Trinajstić information content (AvgIpc) is 2.18. The Balaban J connectivity index is 2.31. The van der Waals surface area contributed by atoms with E-state index in [-0.39, 0.29) is 18.1 Å². The van der Waals surface area contributed by atoms with Gasteiger partial charge < -0.3 is 15.0 Å². The first-order valence-electron chi connectivity index (χ1n) is 5.18. The first kappa shape index (κ1) is 11.5. The SMILES string of the molecule is CC(O[C@H]1CCCNC1)C(=O)N(C)C. The number of nitrogens with one attached hydrogen (secondary N) is 1. The molecule has 1 rings (SSSR count). The molecule has 82 valence electrons. The molecule has 0 spiro atoms. The van der Waals surface area contributed by atoms with Gasteiger partial charge in [0.25, 0.3) is 5.91 Å². The Bertz CT molecular complexity index is 189. The summed E-state index contributed by atoms with van der Waals surface area (Å²) >= 11 is 0.